The van der Waals surface area contributed by atoms with Gasteiger partial charge in [-0.15, -0.1) is 6.58 Å². The molecule has 0 saturated carbocycles. The number of rotatable bonds is 1. The fourth-order valence-electron chi connectivity index (χ4n) is 15.8. The van der Waals surface area contributed by atoms with Crippen molar-refractivity contribution in [2.45, 2.75) is 48.2 Å². The van der Waals surface area contributed by atoms with E-state index in [4.69, 9.17) is 5.73 Å². The molecule has 10 fully saturated rings. The van der Waals surface area contributed by atoms with Gasteiger partial charge in [0.2, 0.25) is 0 Å². The van der Waals surface area contributed by atoms with Crippen LogP contribution < -0.4 is 5.73 Å². The zero-order valence-electron chi connectivity index (χ0n) is 8.70. The van der Waals surface area contributed by atoms with Gasteiger partial charge in [0, 0.05) is 6.54 Å². The van der Waals surface area contributed by atoms with Crippen LogP contribution in [0.2, 0.25) is 48.2 Å². The van der Waals surface area contributed by atoms with Crippen LogP contribution in [0.1, 0.15) is 0 Å². The molecule has 82 valence electrons. The normalized spacial score (nSPS) is 127. The molecule has 0 radical (unpaired) electrons. The van der Waals surface area contributed by atoms with Crippen LogP contribution in [0.3, 0.4) is 0 Å². The SMILES string of the molecule is C=CCN.[CH]12[CH]3[CH]4[CH]5[CH]1[Fe]23451678[CH]2[CH]1[CH]6[CH]7[CH]28. The topological polar surface area (TPSA) is 26.0 Å². The molecule has 10 heterocycles. The third-order valence-corrected chi connectivity index (χ3v) is 56.6. The van der Waals surface area contributed by atoms with E-state index in [-0.39, 0.29) is 0 Å². The van der Waals surface area contributed by atoms with Crippen molar-refractivity contribution in [3.05, 3.63) is 12.7 Å². The Morgan fingerprint density at radius 3 is 1.00 bits per heavy atom. The van der Waals surface area contributed by atoms with Crippen molar-refractivity contribution in [2.75, 3.05) is 6.54 Å². The van der Waals surface area contributed by atoms with Crippen molar-refractivity contribution in [3.8, 4) is 0 Å². The minimum atomic E-state index is -2.28. The van der Waals surface area contributed by atoms with Crippen molar-refractivity contribution in [2.24, 2.45) is 5.73 Å². The van der Waals surface area contributed by atoms with Crippen LogP contribution >= 0.6 is 0 Å². The van der Waals surface area contributed by atoms with Gasteiger partial charge in [0.25, 0.3) is 0 Å². The maximum atomic E-state index is 4.91. The van der Waals surface area contributed by atoms with Gasteiger partial charge in [-0.05, 0) is 0 Å². The van der Waals surface area contributed by atoms with E-state index < -0.39 is 6.51 Å². The molecule has 15 heavy (non-hydrogen) atoms. The summed E-state index contributed by atoms with van der Waals surface area (Å²) in [6, 6.07) is 0. The molecule has 0 aromatic heterocycles. The zero-order chi connectivity index (χ0) is 9.50. The average Bonchev–Trinajstić information content (AvgIpc) is 3.18. The second kappa shape index (κ2) is 0.417. The van der Waals surface area contributed by atoms with Crippen LogP contribution in [0.5, 0.6) is 0 Å². The molecule has 2 N–H and O–H groups in total. The molecule has 0 aliphatic carbocycles. The molecule has 0 unspecified atom stereocenters. The summed E-state index contributed by atoms with van der Waals surface area (Å²) in [4.78, 5) is 15.9. The predicted octanol–water partition coefficient (Wildman–Crippen LogP) is 3.51. The number of fused-ring (bicyclic) bond motifs is 10. The molecular formula is C13H17FeN. The molecule has 2 heteroatoms. The van der Waals surface area contributed by atoms with E-state index >= 15 is 0 Å². The molecule has 1 spiro atoms. The maximum absolute atomic E-state index is 4.91. The molecule has 10 rings (SSSR count). The van der Waals surface area contributed by atoms with Gasteiger partial charge in [0.1, 0.15) is 0 Å². The first kappa shape index (κ1) is 5.71. The molecule has 0 aromatic rings. The Morgan fingerprint density at radius 2 is 1.00 bits per heavy atom. The van der Waals surface area contributed by atoms with Gasteiger partial charge < -0.3 is 5.73 Å². The zero-order valence-corrected chi connectivity index (χ0v) is 9.80. The summed E-state index contributed by atoms with van der Waals surface area (Å²) in [6.07, 6.45) is 1.65. The summed E-state index contributed by atoms with van der Waals surface area (Å²) in [6.45, 7) is 1.65. The van der Waals surface area contributed by atoms with E-state index in [0.29, 0.717) is 6.54 Å². The van der Waals surface area contributed by atoms with E-state index in [9.17, 15) is 0 Å². The third kappa shape index (κ3) is 0.0524. The summed E-state index contributed by atoms with van der Waals surface area (Å²) in [5.41, 5.74) is 4.91. The molecule has 10 aliphatic heterocycles. The Kier molecular flexibility index (Phi) is 0.159. The van der Waals surface area contributed by atoms with Gasteiger partial charge in [-0.3, -0.25) is 0 Å². The van der Waals surface area contributed by atoms with Crippen molar-refractivity contribution in [1.29, 1.82) is 0 Å². The summed E-state index contributed by atoms with van der Waals surface area (Å²) < 4.78 is 0. The molecule has 0 bridgehead atoms. The van der Waals surface area contributed by atoms with Crippen molar-refractivity contribution < 1.29 is 6.51 Å². The van der Waals surface area contributed by atoms with Crippen molar-refractivity contribution >= 4 is 0 Å². The average molecular weight is 243 g/mol. The summed E-state index contributed by atoms with van der Waals surface area (Å²) >= 11 is 0. The van der Waals surface area contributed by atoms with Gasteiger partial charge in [0.15, 0.2) is 0 Å². The second-order valence-corrected chi connectivity index (χ2v) is 34.0. The third-order valence-electron chi connectivity index (χ3n) is 14.7. The molecule has 0 aromatic carbocycles. The second-order valence-electron chi connectivity index (χ2n) is 10.1. The molecule has 10 aliphatic rings. The molecule has 0 amide bonds. The molecule has 0 atom stereocenters. The Bertz CT molecular complexity index is 638. The number of hydrogen-bond acceptors (Lipinski definition) is 1. The van der Waals surface area contributed by atoms with Crippen LogP contribution in [0.15, 0.2) is 12.7 Å². The van der Waals surface area contributed by atoms with Gasteiger partial charge >= 0.3 is 54.7 Å². The number of hydrogen-bond donors (Lipinski definition) is 1. The predicted molar refractivity (Wildman–Crippen MR) is 56.8 cm³/mol. The quantitative estimate of drug-likeness (QED) is 0.553. The van der Waals surface area contributed by atoms with Gasteiger partial charge in [-0.25, -0.2) is 0 Å². The Morgan fingerprint density at radius 1 is 0.800 bits per heavy atom. The van der Waals surface area contributed by atoms with Crippen molar-refractivity contribution in [3.63, 3.8) is 0 Å². The van der Waals surface area contributed by atoms with Gasteiger partial charge in [-0.1, -0.05) is 6.08 Å². The first-order valence-corrected chi connectivity index (χ1v) is 13.0. The number of nitrogens with two attached hydrogens (primary N) is 1. The van der Waals surface area contributed by atoms with E-state index in [1.54, 1.807) is 54.2 Å². The summed E-state index contributed by atoms with van der Waals surface area (Å²) in [5.74, 6) is 0. The van der Waals surface area contributed by atoms with Crippen LogP contribution in [0.4, 0.5) is 0 Å². The minimum absolute atomic E-state index is 0.583. The molecule has 1 nitrogen and oxygen atoms in total. The van der Waals surface area contributed by atoms with Crippen LogP contribution in [-0.2, 0) is 6.51 Å². The summed E-state index contributed by atoms with van der Waals surface area (Å²) in [7, 11) is 0. The molecular weight excluding hydrogens is 226 g/mol. The first-order valence-electron chi connectivity index (χ1n) is 6.60. The van der Waals surface area contributed by atoms with E-state index in [0.717, 1.165) is 0 Å². The van der Waals surface area contributed by atoms with Crippen LogP contribution in [-0.4, -0.2) is 6.54 Å². The summed E-state index contributed by atoms with van der Waals surface area (Å²) in [5, 5.41) is 0. The Labute approximate surface area is 79.8 Å². The fourth-order valence-corrected chi connectivity index (χ4v) is 88.0. The van der Waals surface area contributed by atoms with E-state index in [1.165, 1.54) is 0 Å². The van der Waals surface area contributed by atoms with Gasteiger partial charge in [-0.2, -0.15) is 0 Å². The fraction of sp³-hybridized carbons (Fsp3) is 0.846. The standard InChI is InChI=1S/2C5H5.C3H7N.Fe/c2*1-2-4-5-3-1;1-2-3-4;/h2*1-5H;2H,1,3-4H2;. The molecule has 10 saturated heterocycles. The monoisotopic (exact) mass is 243 g/mol. The van der Waals surface area contributed by atoms with Gasteiger partial charge in [0.05, 0.1) is 0 Å². The first-order chi connectivity index (χ1) is 7.07. The van der Waals surface area contributed by atoms with Crippen molar-refractivity contribution in [1.82, 2.24) is 0 Å². The van der Waals surface area contributed by atoms with Crippen LogP contribution in [0, 0.1) is 0 Å². The Balaban J connectivity index is 0.000000121. The van der Waals surface area contributed by atoms with E-state index in [1.807, 2.05) is 0 Å². The van der Waals surface area contributed by atoms with E-state index in [2.05, 4.69) is 6.58 Å². The Hall–Kier alpha value is 0.219. The van der Waals surface area contributed by atoms with Crippen LogP contribution in [0.25, 0.3) is 0 Å².